The number of carbonyl (C=O) groups is 2. The summed E-state index contributed by atoms with van der Waals surface area (Å²) in [4.78, 5) is 20.6. The van der Waals surface area contributed by atoms with Crippen molar-refractivity contribution in [3.63, 3.8) is 0 Å². The topological polar surface area (TPSA) is 43.4 Å². The fourth-order valence-corrected chi connectivity index (χ4v) is 0.415. The zero-order chi connectivity index (χ0) is 7.28. The van der Waals surface area contributed by atoms with E-state index in [0.29, 0.717) is 6.61 Å². The Kier molecular flexibility index (Phi) is 8.56. The largest absolute Gasteiger partial charge is 0.466 e. The van der Waals surface area contributed by atoms with Crippen LogP contribution in [0.4, 0.5) is 0 Å². The van der Waals surface area contributed by atoms with Gasteiger partial charge in [-0.2, -0.15) is 0 Å². The number of ether oxygens (including phenoxy) is 1. The van der Waals surface area contributed by atoms with Gasteiger partial charge in [0.15, 0.2) is 0 Å². The average Bonchev–Trinajstić information content (AvgIpc) is 1.63. The SMILES string of the molecule is CCOC(=O)CC(C)=O.[Zn]. The third-order valence-corrected chi connectivity index (χ3v) is 0.699. The Hall–Kier alpha value is -0.237. The van der Waals surface area contributed by atoms with Crippen LogP contribution in [0.2, 0.25) is 0 Å². The number of hydrogen-bond acceptors (Lipinski definition) is 3. The van der Waals surface area contributed by atoms with E-state index >= 15 is 0 Å². The van der Waals surface area contributed by atoms with E-state index in [9.17, 15) is 9.59 Å². The molecule has 3 nitrogen and oxygen atoms in total. The van der Waals surface area contributed by atoms with Crippen molar-refractivity contribution < 1.29 is 33.8 Å². The molecular formula is C6H10O3Zn. The maximum absolute atomic E-state index is 10.4. The van der Waals surface area contributed by atoms with Crippen LogP contribution in [0.3, 0.4) is 0 Å². The van der Waals surface area contributed by atoms with Crippen molar-refractivity contribution in [1.29, 1.82) is 0 Å². The first-order chi connectivity index (χ1) is 4.16. The van der Waals surface area contributed by atoms with Gasteiger partial charge in [-0.15, -0.1) is 0 Å². The first kappa shape index (κ1) is 12.4. The van der Waals surface area contributed by atoms with Crippen molar-refractivity contribution in [2.24, 2.45) is 0 Å². The third-order valence-electron chi connectivity index (χ3n) is 0.699. The second-order valence-electron chi connectivity index (χ2n) is 1.68. The second-order valence-corrected chi connectivity index (χ2v) is 1.68. The molecule has 0 aromatic rings. The molecule has 0 aromatic heterocycles. The number of ketones is 1. The first-order valence-electron chi connectivity index (χ1n) is 2.82. The summed E-state index contributed by atoms with van der Waals surface area (Å²) >= 11 is 0. The molecule has 0 saturated heterocycles. The molecule has 0 aliphatic carbocycles. The third kappa shape index (κ3) is 7.76. The molecule has 0 N–H and O–H groups in total. The number of Topliss-reactive ketones (excluding diaryl/α,β-unsaturated/α-hetero) is 1. The molecule has 54 valence electrons. The van der Waals surface area contributed by atoms with E-state index in [1.165, 1.54) is 6.92 Å². The summed E-state index contributed by atoms with van der Waals surface area (Å²) in [5.41, 5.74) is 0. The molecule has 0 heterocycles. The van der Waals surface area contributed by atoms with E-state index in [1.807, 2.05) is 0 Å². The van der Waals surface area contributed by atoms with Crippen LogP contribution < -0.4 is 0 Å². The molecule has 0 radical (unpaired) electrons. The predicted molar refractivity (Wildman–Crippen MR) is 31.9 cm³/mol. The maximum atomic E-state index is 10.4. The van der Waals surface area contributed by atoms with Crippen LogP contribution in [0.5, 0.6) is 0 Å². The van der Waals surface area contributed by atoms with Gasteiger partial charge < -0.3 is 4.74 Å². The number of esters is 1. The summed E-state index contributed by atoms with van der Waals surface area (Å²) in [7, 11) is 0. The molecule has 0 rings (SSSR count). The van der Waals surface area contributed by atoms with Crippen molar-refractivity contribution in [2.75, 3.05) is 6.61 Å². The average molecular weight is 196 g/mol. The number of rotatable bonds is 3. The summed E-state index contributed by atoms with van der Waals surface area (Å²) in [5, 5.41) is 0. The molecule has 0 unspecified atom stereocenters. The van der Waals surface area contributed by atoms with Crippen LogP contribution in [0.15, 0.2) is 0 Å². The van der Waals surface area contributed by atoms with Gasteiger partial charge in [0.05, 0.1) is 6.61 Å². The predicted octanol–water partition coefficient (Wildman–Crippen LogP) is 0.526. The van der Waals surface area contributed by atoms with Gasteiger partial charge in [0.1, 0.15) is 12.2 Å². The van der Waals surface area contributed by atoms with Crippen LogP contribution in [-0.4, -0.2) is 18.4 Å². The molecule has 0 fully saturated rings. The zero-order valence-electron chi connectivity index (χ0n) is 6.35. The number of carbonyl (C=O) groups excluding carboxylic acids is 2. The van der Waals surface area contributed by atoms with Crippen LogP contribution in [-0.2, 0) is 33.8 Å². The molecule has 0 spiro atoms. The van der Waals surface area contributed by atoms with Crippen molar-refractivity contribution in [3.8, 4) is 0 Å². The van der Waals surface area contributed by atoms with Gasteiger partial charge in [0.25, 0.3) is 0 Å². The van der Waals surface area contributed by atoms with E-state index in [1.54, 1.807) is 6.92 Å². The van der Waals surface area contributed by atoms with Gasteiger partial charge >= 0.3 is 5.97 Å². The van der Waals surface area contributed by atoms with E-state index in [4.69, 9.17) is 0 Å². The monoisotopic (exact) mass is 194 g/mol. The Morgan fingerprint density at radius 2 is 1.90 bits per heavy atom. The Labute approximate surface area is 72.9 Å². The van der Waals surface area contributed by atoms with Gasteiger partial charge in [-0.05, 0) is 13.8 Å². The fourth-order valence-electron chi connectivity index (χ4n) is 0.415. The Bertz CT molecular complexity index is 122. The number of hydrogen-bond donors (Lipinski definition) is 0. The molecular weight excluding hydrogens is 185 g/mol. The first-order valence-corrected chi connectivity index (χ1v) is 2.82. The minimum Gasteiger partial charge on any atom is -0.466 e. The van der Waals surface area contributed by atoms with Crippen molar-refractivity contribution >= 4 is 11.8 Å². The van der Waals surface area contributed by atoms with Gasteiger partial charge in [0, 0.05) is 19.5 Å². The zero-order valence-corrected chi connectivity index (χ0v) is 9.31. The van der Waals surface area contributed by atoms with Crippen molar-refractivity contribution in [3.05, 3.63) is 0 Å². The Morgan fingerprint density at radius 3 is 2.20 bits per heavy atom. The molecule has 0 bridgehead atoms. The molecule has 0 aromatic carbocycles. The second kappa shape index (κ2) is 6.88. The molecule has 0 saturated carbocycles. The van der Waals surface area contributed by atoms with E-state index < -0.39 is 5.97 Å². The summed E-state index contributed by atoms with van der Waals surface area (Å²) in [6.07, 6.45) is -0.103. The molecule has 0 amide bonds. The Balaban J connectivity index is 0. The molecule has 10 heavy (non-hydrogen) atoms. The van der Waals surface area contributed by atoms with Gasteiger partial charge in [-0.25, -0.2) is 0 Å². The van der Waals surface area contributed by atoms with Crippen molar-refractivity contribution in [1.82, 2.24) is 0 Å². The molecule has 0 atom stereocenters. The Morgan fingerprint density at radius 1 is 1.40 bits per heavy atom. The molecule has 4 heteroatoms. The standard InChI is InChI=1S/C6H10O3.Zn/c1-3-9-6(8)4-5(2)7;/h3-4H2,1-2H3;. The quantitative estimate of drug-likeness (QED) is 0.375. The smallest absolute Gasteiger partial charge is 0.313 e. The van der Waals surface area contributed by atoms with Crippen molar-refractivity contribution in [2.45, 2.75) is 20.3 Å². The summed E-state index contributed by atoms with van der Waals surface area (Å²) < 4.78 is 4.49. The van der Waals surface area contributed by atoms with Crippen LogP contribution in [0.1, 0.15) is 20.3 Å². The summed E-state index contributed by atoms with van der Waals surface area (Å²) in [6, 6.07) is 0. The normalized spacial score (nSPS) is 7.80. The fraction of sp³-hybridized carbons (Fsp3) is 0.667. The van der Waals surface area contributed by atoms with Gasteiger partial charge in [0.2, 0.25) is 0 Å². The van der Waals surface area contributed by atoms with E-state index in [2.05, 4.69) is 4.74 Å². The van der Waals surface area contributed by atoms with Crippen LogP contribution in [0, 0.1) is 0 Å². The van der Waals surface area contributed by atoms with Gasteiger partial charge in [-0.3, -0.25) is 9.59 Å². The van der Waals surface area contributed by atoms with Gasteiger partial charge in [-0.1, -0.05) is 0 Å². The molecule has 0 aliphatic rings. The minimum absolute atomic E-state index is 0. The summed E-state index contributed by atoms with van der Waals surface area (Å²) in [5.74, 6) is -0.599. The van der Waals surface area contributed by atoms with E-state index in [-0.39, 0.29) is 31.7 Å². The summed E-state index contributed by atoms with van der Waals surface area (Å²) in [6.45, 7) is 3.40. The van der Waals surface area contributed by atoms with E-state index in [0.717, 1.165) is 0 Å². The minimum atomic E-state index is -0.440. The van der Waals surface area contributed by atoms with Crippen LogP contribution in [0.25, 0.3) is 0 Å². The maximum Gasteiger partial charge on any atom is 0.313 e. The molecule has 0 aliphatic heterocycles. The van der Waals surface area contributed by atoms with Crippen LogP contribution >= 0.6 is 0 Å².